The Labute approximate surface area is 339 Å². The number of carbonyl (C=O) groups is 2. The molecule has 0 atom stereocenters. The Morgan fingerprint density at radius 3 is 1.06 bits per heavy atom. The molecule has 0 aliphatic rings. The summed E-state index contributed by atoms with van der Waals surface area (Å²) in [6.45, 7) is 8.36. The van der Waals surface area contributed by atoms with Crippen LogP contribution >= 0.6 is 0 Å². The monoisotopic (exact) mass is 763 g/mol. The molecule has 1 amide bonds. The van der Waals surface area contributed by atoms with Crippen LogP contribution in [0.2, 0.25) is 0 Å². The molecular weight excluding hydrogens is 665 g/mol. The van der Waals surface area contributed by atoms with Gasteiger partial charge in [0.1, 0.15) is 0 Å². The van der Waals surface area contributed by atoms with Gasteiger partial charge in [-0.1, -0.05) is 220 Å². The first kappa shape index (κ1) is 52.9. The number of nitrogens with one attached hydrogen (secondary N) is 1. The third-order valence-electron chi connectivity index (χ3n) is 11.6. The quantitative estimate of drug-likeness (QED) is 0.0496. The van der Waals surface area contributed by atoms with Crippen molar-refractivity contribution >= 4 is 11.9 Å². The minimum absolute atomic E-state index is 0.0421. The molecule has 0 aliphatic heterocycles. The second-order valence-electron chi connectivity index (χ2n) is 17.4. The number of carbonyl (C=O) groups excluding carboxylic acids is 2. The molecule has 0 saturated heterocycles. The van der Waals surface area contributed by atoms with Crippen molar-refractivity contribution in [3.05, 3.63) is 0 Å². The zero-order chi connectivity index (χ0) is 39.6. The van der Waals surface area contributed by atoms with Gasteiger partial charge in [0.15, 0.2) is 5.60 Å². The van der Waals surface area contributed by atoms with Crippen LogP contribution < -0.4 is 5.32 Å². The molecule has 1 N–H and O–H groups in total. The van der Waals surface area contributed by atoms with Crippen LogP contribution in [0.4, 0.5) is 0 Å². The first-order valence-electron chi connectivity index (χ1n) is 24.6. The molecule has 0 aromatic rings. The van der Waals surface area contributed by atoms with Crippen LogP contribution in [0.25, 0.3) is 0 Å². The lowest BCUT2D eigenvalue weighted by molar-refractivity contribution is -0.171. The highest BCUT2D eigenvalue weighted by molar-refractivity contribution is 5.87. The van der Waals surface area contributed by atoms with Crippen LogP contribution in [-0.4, -0.2) is 49.6 Å². The maximum absolute atomic E-state index is 13.9. The van der Waals surface area contributed by atoms with Crippen molar-refractivity contribution in [3.8, 4) is 0 Å². The molecule has 0 heterocycles. The summed E-state index contributed by atoms with van der Waals surface area (Å²) < 4.78 is 6.32. The van der Waals surface area contributed by atoms with Crippen LogP contribution in [-0.2, 0) is 14.3 Å². The number of nitrogens with zero attached hydrogens (tertiary/aromatic N) is 1. The predicted octanol–water partition coefficient (Wildman–Crippen LogP) is 15.2. The summed E-state index contributed by atoms with van der Waals surface area (Å²) in [4.78, 5) is 29.3. The van der Waals surface area contributed by atoms with Crippen molar-refractivity contribution in [2.45, 2.75) is 277 Å². The van der Waals surface area contributed by atoms with E-state index < -0.39 is 5.60 Å². The molecule has 0 aromatic carbocycles. The average molecular weight is 763 g/mol. The first-order chi connectivity index (χ1) is 26.4. The first-order valence-corrected chi connectivity index (χ1v) is 24.6. The lowest BCUT2D eigenvalue weighted by Gasteiger charge is -2.33. The number of unbranched alkanes of at least 4 members (excludes halogenated alkanes) is 32. The van der Waals surface area contributed by atoms with Crippen LogP contribution in [0, 0.1) is 0 Å². The number of amides is 1. The van der Waals surface area contributed by atoms with Gasteiger partial charge in [-0.15, -0.1) is 0 Å². The summed E-state index contributed by atoms with van der Waals surface area (Å²) in [5, 5.41) is 3.20. The fraction of sp³-hybridized carbons (Fsp3) is 0.959. The summed E-state index contributed by atoms with van der Waals surface area (Å²) in [6.07, 6.45) is 48.0. The highest BCUT2D eigenvalue weighted by Gasteiger charge is 2.41. The van der Waals surface area contributed by atoms with E-state index in [0.29, 0.717) is 25.8 Å². The Morgan fingerprint density at radius 1 is 0.426 bits per heavy atom. The maximum Gasteiger partial charge on any atom is 0.306 e. The third-order valence-corrected chi connectivity index (χ3v) is 11.6. The Bertz CT molecular complexity index is 749. The van der Waals surface area contributed by atoms with Crippen LogP contribution in [0.1, 0.15) is 271 Å². The molecular formula is C49H98N2O3. The van der Waals surface area contributed by atoms with E-state index in [1.54, 1.807) is 0 Å². The van der Waals surface area contributed by atoms with Gasteiger partial charge in [-0.25, -0.2) is 0 Å². The molecule has 5 nitrogen and oxygen atoms in total. The van der Waals surface area contributed by atoms with Crippen molar-refractivity contribution in [1.82, 2.24) is 10.2 Å². The second kappa shape index (κ2) is 41.5. The Morgan fingerprint density at radius 2 is 0.741 bits per heavy atom. The van der Waals surface area contributed by atoms with Crippen molar-refractivity contribution < 1.29 is 14.3 Å². The van der Waals surface area contributed by atoms with Gasteiger partial charge in [-0.05, 0) is 65.6 Å². The zero-order valence-corrected chi connectivity index (χ0v) is 37.7. The number of ether oxygens (including phenoxy) is 1. The topological polar surface area (TPSA) is 58.6 Å². The number of hydrogen-bond acceptors (Lipinski definition) is 4. The average Bonchev–Trinajstić information content (AvgIpc) is 3.16. The van der Waals surface area contributed by atoms with Gasteiger partial charge < -0.3 is 15.0 Å². The minimum atomic E-state index is -1.02. The molecule has 0 spiro atoms. The minimum Gasteiger partial charge on any atom is -0.449 e. The molecule has 0 saturated carbocycles. The molecule has 0 bridgehead atoms. The smallest absolute Gasteiger partial charge is 0.306 e. The standard InChI is InChI=1S/C49H98N2O3/c1-6-9-12-14-16-18-20-22-24-26-28-30-32-34-36-39-43-49(48(53)50-45-11-8-3,54-47(52)42-38-41-46-51(4)5)44-40-37-35-33-31-29-27-25-23-21-19-17-15-13-10-7-2/h6-46H2,1-5H3,(H,50,53). The predicted molar refractivity (Wildman–Crippen MR) is 237 cm³/mol. The number of esters is 1. The molecule has 322 valence electrons. The van der Waals surface area contributed by atoms with Gasteiger partial charge in [0.05, 0.1) is 0 Å². The third kappa shape index (κ3) is 35.3. The SMILES string of the molecule is CCCCCCCCCCCCCCCCCCC(CCCCCCCCCCCCCCCCCC)(OC(=O)CCCCN(C)C)C(=O)NCCCC. The van der Waals surface area contributed by atoms with E-state index in [0.717, 1.165) is 57.9 Å². The van der Waals surface area contributed by atoms with E-state index in [-0.39, 0.29) is 11.9 Å². The molecule has 5 heteroatoms. The Hall–Kier alpha value is -1.10. The van der Waals surface area contributed by atoms with E-state index in [4.69, 9.17) is 4.74 Å². The van der Waals surface area contributed by atoms with E-state index in [9.17, 15) is 9.59 Å². The normalized spacial score (nSPS) is 11.8. The van der Waals surface area contributed by atoms with Gasteiger partial charge in [0.25, 0.3) is 5.91 Å². The Balaban J connectivity index is 4.72. The number of hydrogen-bond donors (Lipinski definition) is 1. The highest BCUT2D eigenvalue weighted by atomic mass is 16.6. The van der Waals surface area contributed by atoms with Gasteiger partial charge >= 0.3 is 5.97 Å². The summed E-state index contributed by atoms with van der Waals surface area (Å²) in [6, 6.07) is 0. The van der Waals surface area contributed by atoms with E-state index in [1.807, 2.05) is 0 Å². The summed E-state index contributed by atoms with van der Waals surface area (Å²) >= 11 is 0. The zero-order valence-electron chi connectivity index (χ0n) is 37.7. The fourth-order valence-electron chi connectivity index (χ4n) is 7.92. The summed E-state index contributed by atoms with van der Waals surface area (Å²) in [5.41, 5.74) is -1.02. The van der Waals surface area contributed by atoms with Crippen molar-refractivity contribution in [1.29, 1.82) is 0 Å². The van der Waals surface area contributed by atoms with Crippen molar-refractivity contribution in [2.24, 2.45) is 0 Å². The largest absolute Gasteiger partial charge is 0.449 e. The van der Waals surface area contributed by atoms with E-state index in [2.05, 4.69) is 45.1 Å². The van der Waals surface area contributed by atoms with Crippen molar-refractivity contribution in [3.63, 3.8) is 0 Å². The van der Waals surface area contributed by atoms with Crippen LogP contribution in [0.15, 0.2) is 0 Å². The highest BCUT2D eigenvalue weighted by Crippen LogP contribution is 2.29. The van der Waals surface area contributed by atoms with Crippen molar-refractivity contribution in [2.75, 3.05) is 27.2 Å². The fourth-order valence-corrected chi connectivity index (χ4v) is 7.92. The van der Waals surface area contributed by atoms with Crippen LogP contribution in [0.5, 0.6) is 0 Å². The molecule has 0 fully saturated rings. The molecule has 0 unspecified atom stereocenters. The molecule has 0 radical (unpaired) electrons. The molecule has 0 rings (SSSR count). The number of rotatable bonds is 44. The molecule has 0 aliphatic carbocycles. The second-order valence-corrected chi connectivity index (χ2v) is 17.4. The molecule has 54 heavy (non-hydrogen) atoms. The van der Waals surface area contributed by atoms with Crippen LogP contribution in [0.3, 0.4) is 0 Å². The van der Waals surface area contributed by atoms with E-state index in [1.165, 1.54) is 180 Å². The summed E-state index contributed by atoms with van der Waals surface area (Å²) in [5.74, 6) is -0.230. The summed E-state index contributed by atoms with van der Waals surface area (Å²) in [7, 11) is 4.14. The van der Waals surface area contributed by atoms with Gasteiger partial charge in [0.2, 0.25) is 0 Å². The van der Waals surface area contributed by atoms with Gasteiger partial charge in [0, 0.05) is 13.0 Å². The molecule has 0 aromatic heterocycles. The maximum atomic E-state index is 13.9. The Kier molecular flexibility index (Phi) is 40.7. The van der Waals surface area contributed by atoms with Gasteiger partial charge in [-0.3, -0.25) is 9.59 Å². The lowest BCUT2D eigenvalue weighted by Crippen LogP contribution is -2.50. The lowest BCUT2D eigenvalue weighted by atomic mass is 9.88. The van der Waals surface area contributed by atoms with Gasteiger partial charge in [-0.2, -0.15) is 0 Å². The van der Waals surface area contributed by atoms with E-state index >= 15 is 0 Å².